The number of halogens is 2. The molecule has 0 radical (unpaired) electrons. The van der Waals surface area contributed by atoms with Gasteiger partial charge in [-0.15, -0.1) is 0 Å². The van der Waals surface area contributed by atoms with Gasteiger partial charge in [0.1, 0.15) is 37.0 Å². The third kappa shape index (κ3) is 6.15. The van der Waals surface area contributed by atoms with Crippen LogP contribution in [0, 0.1) is 18.6 Å². The lowest BCUT2D eigenvalue weighted by atomic mass is 10.2. The second-order valence-electron chi connectivity index (χ2n) is 6.92. The summed E-state index contributed by atoms with van der Waals surface area (Å²) in [6.07, 6.45) is -0.905. The molecule has 152 valence electrons. The van der Waals surface area contributed by atoms with Crippen molar-refractivity contribution in [1.82, 2.24) is 4.90 Å². The molecule has 0 aliphatic carbocycles. The van der Waals surface area contributed by atoms with Crippen molar-refractivity contribution in [2.75, 3.05) is 39.5 Å². The molecule has 0 saturated carbocycles. The van der Waals surface area contributed by atoms with E-state index in [1.807, 2.05) is 6.92 Å². The number of morpholine rings is 1. The average molecular weight is 393 g/mol. The molecular formula is C21H25F2NO4. The molecule has 28 heavy (non-hydrogen) atoms. The highest BCUT2D eigenvalue weighted by atomic mass is 19.1. The molecule has 1 aliphatic heterocycles. The largest absolute Gasteiger partial charge is 0.491 e. The van der Waals surface area contributed by atoms with Gasteiger partial charge < -0.3 is 19.3 Å². The van der Waals surface area contributed by atoms with Gasteiger partial charge in [0.15, 0.2) is 11.6 Å². The normalized spacial score (nSPS) is 18.6. The first-order valence-electron chi connectivity index (χ1n) is 9.29. The van der Waals surface area contributed by atoms with Crippen LogP contribution in [0.2, 0.25) is 0 Å². The summed E-state index contributed by atoms with van der Waals surface area (Å²) in [5.41, 5.74) is 0.923. The molecule has 1 N–H and O–H groups in total. The smallest absolute Gasteiger partial charge is 0.165 e. The average Bonchev–Trinajstić information content (AvgIpc) is 2.68. The zero-order chi connectivity index (χ0) is 19.9. The molecule has 1 heterocycles. The summed E-state index contributed by atoms with van der Waals surface area (Å²) in [6, 6.07) is 10.4. The summed E-state index contributed by atoms with van der Waals surface area (Å²) in [4.78, 5) is 2.06. The summed E-state index contributed by atoms with van der Waals surface area (Å²) in [5, 5.41) is 10.2. The molecule has 1 fully saturated rings. The van der Waals surface area contributed by atoms with Gasteiger partial charge in [-0.1, -0.05) is 6.07 Å². The fourth-order valence-electron chi connectivity index (χ4n) is 3.02. The van der Waals surface area contributed by atoms with Crippen molar-refractivity contribution in [1.29, 1.82) is 0 Å². The number of benzene rings is 2. The van der Waals surface area contributed by atoms with Crippen LogP contribution in [0.1, 0.15) is 5.56 Å². The molecule has 0 aromatic heterocycles. The molecule has 0 amide bonds. The van der Waals surface area contributed by atoms with Crippen molar-refractivity contribution in [3.8, 4) is 11.5 Å². The molecule has 2 unspecified atom stereocenters. The zero-order valence-electron chi connectivity index (χ0n) is 15.8. The minimum absolute atomic E-state index is 0.110. The molecule has 0 spiro atoms. The lowest BCUT2D eigenvalue weighted by molar-refractivity contribution is -0.0604. The Morgan fingerprint density at radius 2 is 1.96 bits per heavy atom. The van der Waals surface area contributed by atoms with E-state index in [-0.39, 0.29) is 30.9 Å². The zero-order valence-corrected chi connectivity index (χ0v) is 15.8. The van der Waals surface area contributed by atoms with Gasteiger partial charge in [0.05, 0.1) is 6.61 Å². The number of nitrogens with zero attached hydrogens (tertiary/aromatic N) is 1. The van der Waals surface area contributed by atoms with Gasteiger partial charge in [0.2, 0.25) is 0 Å². The number of rotatable bonds is 8. The number of ether oxygens (including phenoxy) is 3. The molecule has 7 heteroatoms. The van der Waals surface area contributed by atoms with Crippen LogP contribution in [0.25, 0.3) is 0 Å². The van der Waals surface area contributed by atoms with Gasteiger partial charge in [-0.2, -0.15) is 0 Å². The Hall–Kier alpha value is -2.22. The number of hydrogen-bond acceptors (Lipinski definition) is 5. The molecular weight excluding hydrogens is 368 g/mol. The summed E-state index contributed by atoms with van der Waals surface area (Å²) in [5.74, 6) is -0.00556. The molecule has 2 aromatic rings. The molecule has 3 rings (SSSR count). The predicted molar refractivity (Wildman–Crippen MR) is 101 cm³/mol. The lowest BCUT2D eigenvalue weighted by Crippen LogP contribution is -2.48. The third-order valence-electron chi connectivity index (χ3n) is 4.46. The quantitative estimate of drug-likeness (QED) is 0.748. The van der Waals surface area contributed by atoms with E-state index >= 15 is 0 Å². The minimum Gasteiger partial charge on any atom is -0.491 e. The van der Waals surface area contributed by atoms with E-state index in [0.29, 0.717) is 32.0 Å². The van der Waals surface area contributed by atoms with E-state index < -0.39 is 11.9 Å². The van der Waals surface area contributed by atoms with Crippen molar-refractivity contribution < 1.29 is 28.1 Å². The Kier molecular flexibility index (Phi) is 7.19. The van der Waals surface area contributed by atoms with Crippen LogP contribution in [0.4, 0.5) is 8.78 Å². The number of hydrogen-bond donors (Lipinski definition) is 1. The van der Waals surface area contributed by atoms with E-state index in [2.05, 4.69) is 4.90 Å². The first-order chi connectivity index (χ1) is 13.5. The van der Waals surface area contributed by atoms with Crippen LogP contribution in [0.5, 0.6) is 11.5 Å². The maximum Gasteiger partial charge on any atom is 0.165 e. The van der Waals surface area contributed by atoms with Gasteiger partial charge in [-0.25, -0.2) is 8.78 Å². The summed E-state index contributed by atoms with van der Waals surface area (Å²) in [6.45, 7) is 4.40. The number of aliphatic hydroxyl groups excluding tert-OH is 1. The summed E-state index contributed by atoms with van der Waals surface area (Å²) >= 11 is 0. The number of aryl methyl sites for hydroxylation is 1. The van der Waals surface area contributed by atoms with Crippen molar-refractivity contribution in [2.45, 2.75) is 19.1 Å². The van der Waals surface area contributed by atoms with Crippen molar-refractivity contribution >= 4 is 0 Å². The molecule has 0 bridgehead atoms. The highest BCUT2D eigenvalue weighted by Gasteiger charge is 2.23. The maximum atomic E-state index is 13.8. The lowest BCUT2D eigenvalue weighted by Gasteiger charge is -2.33. The standard InChI is InChI=1S/C21H25F2NO4/c1-15-2-7-20(23)21(10-15)28-14-19-12-24(8-9-26-19)11-17(25)13-27-18-5-3-16(22)4-6-18/h2-7,10,17,19,25H,8-9,11-14H2,1H3. The van der Waals surface area contributed by atoms with Gasteiger partial charge in [0.25, 0.3) is 0 Å². The number of β-amino-alcohol motifs (C(OH)–C–C–N with tert-alkyl or cyclic N) is 1. The van der Waals surface area contributed by atoms with E-state index in [9.17, 15) is 13.9 Å². The Bertz CT molecular complexity index is 757. The van der Waals surface area contributed by atoms with Gasteiger partial charge in [-0.3, -0.25) is 4.90 Å². The summed E-state index contributed by atoms with van der Waals surface area (Å²) in [7, 11) is 0. The van der Waals surface area contributed by atoms with Crippen LogP contribution in [0.15, 0.2) is 42.5 Å². The molecule has 2 atom stereocenters. The highest BCUT2D eigenvalue weighted by molar-refractivity contribution is 5.29. The van der Waals surface area contributed by atoms with E-state index in [1.54, 1.807) is 12.1 Å². The Morgan fingerprint density at radius 3 is 2.75 bits per heavy atom. The molecule has 5 nitrogen and oxygen atoms in total. The van der Waals surface area contributed by atoms with Crippen molar-refractivity contribution in [3.05, 3.63) is 59.7 Å². The first kappa shape index (κ1) is 20.5. The SMILES string of the molecule is Cc1ccc(F)c(OCC2CN(CC(O)COc3ccc(F)cc3)CCO2)c1. The second kappa shape index (κ2) is 9.82. The van der Waals surface area contributed by atoms with Gasteiger partial charge >= 0.3 is 0 Å². The first-order valence-corrected chi connectivity index (χ1v) is 9.29. The Labute approximate surface area is 163 Å². The topological polar surface area (TPSA) is 51.2 Å². The fourth-order valence-corrected chi connectivity index (χ4v) is 3.02. The van der Waals surface area contributed by atoms with Crippen molar-refractivity contribution in [3.63, 3.8) is 0 Å². The predicted octanol–water partition coefficient (Wildman–Crippen LogP) is 2.79. The molecule has 1 saturated heterocycles. The number of aliphatic hydroxyl groups is 1. The summed E-state index contributed by atoms with van der Waals surface area (Å²) < 4.78 is 43.4. The van der Waals surface area contributed by atoms with E-state index in [4.69, 9.17) is 14.2 Å². The van der Waals surface area contributed by atoms with E-state index in [1.165, 1.54) is 30.3 Å². The Morgan fingerprint density at radius 1 is 1.18 bits per heavy atom. The van der Waals surface area contributed by atoms with Gasteiger partial charge in [0, 0.05) is 19.6 Å². The molecule has 2 aromatic carbocycles. The van der Waals surface area contributed by atoms with Crippen LogP contribution in [-0.4, -0.2) is 61.7 Å². The van der Waals surface area contributed by atoms with E-state index in [0.717, 1.165) is 5.56 Å². The van der Waals surface area contributed by atoms with Crippen LogP contribution >= 0.6 is 0 Å². The highest BCUT2D eigenvalue weighted by Crippen LogP contribution is 2.19. The third-order valence-corrected chi connectivity index (χ3v) is 4.46. The second-order valence-corrected chi connectivity index (χ2v) is 6.92. The monoisotopic (exact) mass is 393 g/mol. The van der Waals surface area contributed by atoms with Crippen LogP contribution in [-0.2, 0) is 4.74 Å². The fraction of sp³-hybridized carbons (Fsp3) is 0.429. The molecule has 1 aliphatic rings. The van der Waals surface area contributed by atoms with Crippen molar-refractivity contribution in [2.24, 2.45) is 0 Å². The van der Waals surface area contributed by atoms with Gasteiger partial charge in [-0.05, 0) is 48.9 Å². The maximum absolute atomic E-state index is 13.8. The minimum atomic E-state index is -0.695. The van der Waals surface area contributed by atoms with Crippen LogP contribution in [0.3, 0.4) is 0 Å². The Balaban J connectivity index is 1.42. The van der Waals surface area contributed by atoms with Crippen LogP contribution < -0.4 is 9.47 Å².